The lowest BCUT2D eigenvalue weighted by Gasteiger charge is -2.31. The summed E-state index contributed by atoms with van der Waals surface area (Å²) in [5, 5.41) is 20.6. The van der Waals surface area contributed by atoms with Gasteiger partial charge in [-0.1, -0.05) is 18.2 Å². The van der Waals surface area contributed by atoms with Gasteiger partial charge in [-0.25, -0.2) is 0 Å². The Morgan fingerprint density at radius 2 is 2.00 bits per heavy atom. The fourth-order valence-corrected chi connectivity index (χ4v) is 3.12. The van der Waals surface area contributed by atoms with Gasteiger partial charge in [0.1, 0.15) is 11.0 Å². The lowest BCUT2D eigenvalue weighted by atomic mass is 10.1. The monoisotopic (exact) mass is 368 g/mol. The summed E-state index contributed by atoms with van der Waals surface area (Å²) in [6.07, 6.45) is 2.85. The molecule has 0 N–H and O–H groups in total. The van der Waals surface area contributed by atoms with Crippen LogP contribution in [0.3, 0.4) is 0 Å². The second-order valence-electron chi connectivity index (χ2n) is 6.24. The highest BCUT2D eigenvalue weighted by molar-refractivity contribution is 5.91. The van der Waals surface area contributed by atoms with Gasteiger partial charge in [-0.2, -0.15) is 5.10 Å². The molecule has 1 aliphatic rings. The standard InChI is InChI=1S/C18H16N4O5/c23-18(15-5-6-16(27-15)22(24)25)21-9-7-13(8-10-21)26-17-14-4-2-1-3-12(14)11-19-20-17/h1-6,11,13H,7-10H2. The number of amides is 1. The molecule has 0 bridgehead atoms. The van der Waals surface area contributed by atoms with Crippen molar-refractivity contribution in [2.75, 3.05) is 13.1 Å². The summed E-state index contributed by atoms with van der Waals surface area (Å²) < 4.78 is 11.0. The minimum atomic E-state index is -0.665. The summed E-state index contributed by atoms with van der Waals surface area (Å²) in [7, 11) is 0. The smallest absolute Gasteiger partial charge is 0.433 e. The molecule has 1 amide bonds. The predicted molar refractivity (Wildman–Crippen MR) is 94.5 cm³/mol. The van der Waals surface area contributed by atoms with Crippen LogP contribution < -0.4 is 4.74 Å². The third-order valence-electron chi connectivity index (χ3n) is 4.53. The van der Waals surface area contributed by atoms with E-state index in [0.29, 0.717) is 31.8 Å². The maximum Gasteiger partial charge on any atom is 0.433 e. The number of piperidine rings is 1. The number of nitrogens with zero attached hydrogens (tertiary/aromatic N) is 4. The Morgan fingerprint density at radius 3 is 2.74 bits per heavy atom. The van der Waals surface area contributed by atoms with Crippen LogP contribution in [-0.2, 0) is 0 Å². The average molecular weight is 368 g/mol. The number of benzene rings is 1. The Hall–Kier alpha value is -3.49. The zero-order chi connectivity index (χ0) is 18.8. The van der Waals surface area contributed by atoms with Crippen LogP contribution >= 0.6 is 0 Å². The van der Waals surface area contributed by atoms with Gasteiger partial charge in [0, 0.05) is 36.7 Å². The van der Waals surface area contributed by atoms with Gasteiger partial charge in [0.25, 0.3) is 5.91 Å². The molecule has 9 nitrogen and oxygen atoms in total. The quantitative estimate of drug-likeness (QED) is 0.514. The molecule has 0 aliphatic carbocycles. The van der Waals surface area contributed by atoms with Gasteiger partial charge in [-0.3, -0.25) is 14.9 Å². The molecule has 27 heavy (non-hydrogen) atoms. The van der Waals surface area contributed by atoms with E-state index in [1.54, 1.807) is 11.1 Å². The first kappa shape index (κ1) is 17.0. The Morgan fingerprint density at radius 1 is 1.22 bits per heavy atom. The molecular weight excluding hydrogens is 352 g/mol. The van der Waals surface area contributed by atoms with E-state index >= 15 is 0 Å². The summed E-state index contributed by atoms with van der Waals surface area (Å²) in [4.78, 5) is 24.0. The lowest BCUT2D eigenvalue weighted by molar-refractivity contribution is -0.402. The fraction of sp³-hybridized carbons (Fsp3) is 0.278. The zero-order valence-corrected chi connectivity index (χ0v) is 14.3. The molecule has 0 spiro atoms. The predicted octanol–water partition coefficient (Wildman–Crippen LogP) is 2.81. The van der Waals surface area contributed by atoms with Crippen LogP contribution in [0.1, 0.15) is 23.4 Å². The second kappa shape index (κ2) is 7.02. The van der Waals surface area contributed by atoms with Crippen molar-refractivity contribution in [2.45, 2.75) is 18.9 Å². The van der Waals surface area contributed by atoms with Crippen LogP contribution in [0.4, 0.5) is 5.88 Å². The molecule has 2 aromatic heterocycles. The van der Waals surface area contributed by atoms with Gasteiger partial charge >= 0.3 is 5.88 Å². The number of hydrogen-bond acceptors (Lipinski definition) is 7. The summed E-state index contributed by atoms with van der Waals surface area (Å²) in [5.41, 5.74) is 0. The minimum absolute atomic E-state index is 0.0269. The van der Waals surface area contributed by atoms with Crippen molar-refractivity contribution in [2.24, 2.45) is 0 Å². The van der Waals surface area contributed by atoms with Crippen molar-refractivity contribution in [3.63, 3.8) is 0 Å². The van der Waals surface area contributed by atoms with Gasteiger partial charge in [0.2, 0.25) is 5.88 Å². The number of rotatable bonds is 4. The minimum Gasteiger partial charge on any atom is -0.473 e. The van der Waals surface area contributed by atoms with Gasteiger partial charge in [0.15, 0.2) is 5.76 Å². The highest BCUT2D eigenvalue weighted by atomic mass is 16.6. The van der Waals surface area contributed by atoms with Crippen LogP contribution in [0.2, 0.25) is 0 Å². The maximum atomic E-state index is 12.4. The lowest BCUT2D eigenvalue weighted by Crippen LogP contribution is -2.41. The van der Waals surface area contributed by atoms with E-state index < -0.39 is 10.8 Å². The summed E-state index contributed by atoms with van der Waals surface area (Å²) >= 11 is 0. The first-order valence-corrected chi connectivity index (χ1v) is 8.52. The summed E-state index contributed by atoms with van der Waals surface area (Å²) in [6.45, 7) is 0.937. The van der Waals surface area contributed by atoms with Crippen LogP contribution in [0.5, 0.6) is 5.88 Å². The van der Waals surface area contributed by atoms with Crippen LogP contribution in [0.15, 0.2) is 47.0 Å². The van der Waals surface area contributed by atoms with Gasteiger partial charge in [0.05, 0.1) is 12.3 Å². The molecule has 3 aromatic rings. The molecule has 1 aliphatic heterocycles. The fourth-order valence-electron chi connectivity index (χ4n) is 3.12. The first-order valence-electron chi connectivity index (χ1n) is 8.52. The second-order valence-corrected chi connectivity index (χ2v) is 6.24. The molecule has 138 valence electrons. The number of carbonyl (C=O) groups is 1. The molecule has 9 heteroatoms. The van der Waals surface area contributed by atoms with Gasteiger partial charge in [-0.05, 0) is 12.1 Å². The third kappa shape index (κ3) is 3.43. The number of likely N-dealkylation sites (tertiary alicyclic amines) is 1. The molecule has 1 aromatic carbocycles. The van der Waals surface area contributed by atoms with Crippen molar-refractivity contribution in [3.05, 3.63) is 58.5 Å². The van der Waals surface area contributed by atoms with Gasteiger partial charge in [-0.15, -0.1) is 5.10 Å². The third-order valence-corrected chi connectivity index (χ3v) is 4.53. The number of furan rings is 1. The van der Waals surface area contributed by atoms with E-state index in [1.807, 2.05) is 24.3 Å². The van der Waals surface area contributed by atoms with Crippen molar-refractivity contribution in [3.8, 4) is 5.88 Å². The van der Waals surface area contributed by atoms with Crippen molar-refractivity contribution < 1.29 is 18.9 Å². The van der Waals surface area contributed by atoms with Crippen LogP contribution in [-0.4, -0.2) is 45.1 Å². The Kier molecular flexibility index (Phi) is 4.41. The number of hydrogen-bond donors (Lipinski definition) is 0. The normalized spacial score (nSPS) is 15.0. The van der Waals surface area contributed by atoms with E-state index in [4.69, 9.17) is 9.15 Å². The topological polar surface area (TPSA) is 112 Å². The Bertz CT molecular complexity index is 989. The average Bonchev–Trinajstić information content (AvgIpc) is 3.19. The van der Waals surface area contributed by atoms with Crippen molar-refractivity contribution in [1.82, 2.24) is 15.1 Å². The highest BCUT2D eigenvalue weighted by Gasteiger charge is 2.28. The van der Waals surface area contributed by atoms with E-state index in [9.17, 15) is 14.9 Å². The van der Waals surface area contributed by atoms with Gasteiger partial charge < -0.3 is 14.1 Å². The SMILES string of the molecule is O=C(c1ccc([N+](=O)[O-])o1)N1CCC(Oc2nncc3ccccc23)CC1. The number of fused-ring (bicyclic) bond motifs is 1. The molecular formula is C18H16N4O5. The highest BCUT2D eigenvalue weighted by Crippen LogP contribution is 2.25. The maximum absolute atomic E-state index is 12.4. The van der Waals surface area contributed by atoms with Crippen LogP contribution in [0, 0.1) is 10.1 Å². The molecule has 4 rings (SSSR count). The van der Waals surface area contributed by atoms with E-state index in [0.717, 1.165) is 10.8 Å². The first-order chi connectivity index (χ1) is 13.1. The molecule has 0 saturated carbocycles. The number of carbonyl (C=O) groups excluding carboxylic acids is 1. The number of ether oxygens (including phenoxy) is 1. The Labute approximate surface area is 153 Å². The van der Waals surface area contributed by atoms with E-state index in [-0.39, 0.29) is 17.8 Å². The molecule has 0 radical (unpaired) electrons. The number of nitro groups is 1. The zero-order valence-electron chi connectivity index (χ0n) is 14.3. The summed E-state index contributed by atoms with van der Waals surface area (Å²) in [5.74, 6) is -0.335. The van der Waals surface area contributed by atoms with Crippen LogP contribution in [0.25, 0.3) is 10.8 Å². The van der Waals surface area contributed by atoms with Crippen molar-refractivity contribution in [1.29, 1.82) is 0 Å². The van der Waals surface area contributed by atoms with E-state index in [2.05, 4.69) is 10.2 Å². The summed E-state index contributed by atoms with van der Waals surface area (Å²) in [6, 6.07) is 10.2. The number of aromatic nitrogens is 2. The molecule has 0 unspecified atom stereocenters. The largest absolute Gasteiger partial charge is 0.473 e. The molecule has 1 saturated heterocycles. The molecule has 3 heterocycles. The van der Waals surface area contributed by atoms with Crippen molar-refractivity contribution >= 4 is 22.6 Å². The molecule has 0 atom stereocenters. The van der Waals surface area contributed by atoms with E-state index in [1.165, 1.54) is 12.1 Å². The molecule has 1 fully saturated rings. The Balaban J connectivity index is 1.40.